The fourth-order valence-electron chi connectivity index (χ4n) is 3.25. The molecule has 2 fully saturated rings. The van der Waals surface area contributed by atoms with Crippen molar-refractivity contribution in [3.05, 3.63) is 0 Å². The van der Waals surface area contributed by atoms with Crippen molar-refractivity contribution in [1.29, 1.82) is 0 Å². The van der Waals surface area contributed by atoms with E-state index in [1.807, 2.05) is 0 Å². The van der Waals surface area contributed by atoms with Crippen molar-refractivity contribution in [2.45, 2.75) is 64.0 Å². The Morgan fingerprint density at radius 2 is 2.19 bits per heavy atom. The Kier molecular flexibility index (Phi) is 5.63. The maximum absolute atomic E-state index is 10.7. The van der Waals surface area contributed by atoms with Crippen molar-refractivity contribution in [1.82, 2.24) is 5.32 Å². The summed E-state index contributed by atoms with van der Waals surface area (Å²) < 4.78 is 11.4. The number of carboxylic acids is 1. The summed E-state index contributed by atoms with van der Waals surface area (Å²) >= 11 is 0. The molecule has 2 N–H and O–H groups in total. The third-order valence-electron chi connectivity index (χ3n) is 4.81. The zero-order chi connectivity index (χ0) is 15.3. The first-order chi connectivity index (χ1) is 9.91. The van der Waals surface area contributed by atoms with Crippen molar-refractivity contribution in [2.75, 3.05) is 26.4 Å². The van der Waals surface area contributed by atoms with Crippen molar-refractivity contribution < 1.29 is 19.4 Å². The molecular weight excluding hydrogens is 270 g/mol. The first-order valence-electron chi connectivity index (χ1n) is 8.08. The van der Waals surface area contributed by atoms with Gasteiger partial charge < -0.3 is 19.9 Å². The second-order valence-corrected chi connectivity index (χ2v) is 7.29. The van der Waals surface area contributed by atoms with Crippen LogP contribution >= 0.6 is 0 Å². The molecule has 2 aliphatic rings. The Hall–Kier alpha value is -0.650. The SMILES string of the molecule is CC(C)(CCNC1CCOC2(CCOC2)C1)CCC(=O)O. The molecule has 2 heterocycles. The molecule has 5 nitrogen and oxygen atoms in total. The molecule has 2 aliphatic heterocycles. The smallest absolute Gasteiger partial charge is 0.303 e. The minimum atomic E-state index is -0.705. The van der Waals surface area contributed by atoms with Crippen LogP contribution in [0.15, 0.2) is 0 Å². The number of carbonyl (C=O) groups is 1. The van der Waals surface area contributed by atoms with Crippen LogP contribution < -0.4 is 5.32 Å². The van der Waals surface area contributed by atoms with Gasteiger partial charge in [-0.15, -0.1) is 0 Å². The summed E-state index contributed by atoms with van der Waals surface area (Å²) in [6.45, 7) is 7.59. The lowest BCUT2D eigenvalue weighted by atomic mass is 9.84. The quantitative estimate of drug-likeness (QED) is 0.754. The Bertz CT molecular complexity index is 350. The molecule has 0 saturated carbocycles. The fraction of sp³-hybridized carbons (Fsp3) is 0.938. The zero-order valence-electron chi connectivity index (χ0n) is 13.3. The number of carboxylic acid groups (broad SMARTS) is 1. The average Bonchev–Trinajstić information content (AvgIpc) is 2.84. The molecule has 0 bridgehead atoms. The first kappa shape index (κ1) is 16.7. The van der Waals surface area contributed by atoms with Crippen LogP contribution in [0.2, 0.25) is 0 Å². The van der Waals surface area contributed by atoms with Gasteiger partial charge in [-0.25, -0.2) is 0 Å². The highest BCUT2D eigenvalue weighted by Crippen LogP contribution is 2.33. The summed E-state index contributed by atoms with van der Waals surface area (Å²) in [6, 6.07) is 0.496. The second kappa shape index (κ2) is 7.07. The van der Waals surface area contributed by atoms with E-state index in [1.54, 1.807) is 0 Å². The van der Waals surface area contributed by atoms with Gasteiger partial charge in [0.1, 0.15) is 0 Å². The van der Waals surface area contributed by atoms with E-state index in [0.29, 0.717) is 6.04 Å². The molecule has 2 atom stereocenters. The van der Waals surface area contributed by atoms with E-state index in [0.717, 1.165) is 58.5 Å². The third kappa shape index (κ3) is 5.24. The van der Waals surface area contributed by atoms with Crippen molar-refractivity contribution >= 4 is 5.97 Å². The molecule has 1 spiro atoms. The van der Waals surface area contributed by atoms with E-state index in [2.05, 4.69) is 19.2 Å². The van der Waals surface area contributed by atoms with Crippen LogP contribution in [0.1, 0.15) is 52.4 Å². The van der Waals surface area contributed by atoms with E-state index in [9.17, 15) is 4.79 Å². The lowest BCUT2D eigenvalue weighted by molar-refractivity contribution is -0.137. The van der Waals surface area contributed by atoms with Gasteiger partial charge in [0.15, 0.2) is 0 Å². The minimum absolute atomic E-state index is 0.0469. The van der Waals surface area contributed by atoms with Crippen molar-refractivity contribution in [3.8, 4) is 0 Å². The molecule has 0 aromatic carbocycles. The Labute approximate surface area is 127 Å². The highest BCUT2D eigenvalue weighted by molar-refractivity contribution is 5.66. The van der Waals surface area contributed by atoms with Crippen molar-refractivity contribution in [2.24, 2.45) is 5.41 Å². The first-order valence-corrected chi connectivity index (χ1v) is 8.08. The molecule has 0 aromatic rings. The number of rotatable bonds is 7. The molecule has 122 valence electrons. The molecule has 0 radical (unpaired) electrons. The number of hydrogen-bond acceptors (Lipinski definition) is 4. The summed E-state index contributed by atoms with van der Waals surface area (Å²) in [4.78, 5) is 10.7. The Balaban J connectivity index is 1.69. The highest BCUT2D eigenvalue weighted by atomic mass is 16.6. The zero-order valence-corrected chi connectivity index (χ0v) is 13.3. The standard InChI is InChI=1S/C16H29NO4/c1-15(2,5-3-14(18)19)6-8-17-13-4-9-21-16(11-13)7-10-20-12-16/h13,17H,3-12H2,1-2H3,(H,18,19). The molecule has 2 unspecified atom stereocenters. The summed E-state index contributed by atoms with van der Waals surface area (Å²) in [5, 5.41) is 12.4. The lowest BCUT2D eigenvalue weighted by Crippen LogP contribution is -2.48. The van der Waals surface area contributed by atoms with Gasteiger partial charge in [-0.1, -0.05) is 13.8 Å². The Morgan fingerprint density at radius 1 is 1.38 bits per heavy atom. The maximum Gasteiger partial charge on any atom is 0.303 e. The molecule has 2 saturated heterocycles. The van der Waals surface area contributed by atoms with E-state index < -0.39 is 5.97 Å². The lowest BCUT2D eigenvalue weighted by Gasteiger charge is -2.38. The van der Waals surface area contributed by atoms with Gasteiger partial charge in [0.2, 0.25) is 0 Å². The van der Waals surface area contributed by atoms with Crippen LogP contribution in [-0.2, 0) is 14.3 Å². The predicted molar refractivity (Wildman–Crippen MR) is 80.4 cm³/mol. The molecule has 0 aliphatic carbocycles. The van der Waals surface area contributed by atoms with Gasteiger partial charge in [-0.3, -0.25) is 4.79 Å². The molecule has 5 heteroatoms. The molecular formula is C16H29NO4. The van der Waals surface area contributed by atoms with Crippen LogP contribution in [0.25, 0.3) is 0 Å². The monoisotopic (exact) mass is 299 g/mol. The minimum Gasteiger partial charge on any atom is -0.481 e. The number of nitrogens with one attached hydrogen (secondary N) is 1. The van der Waals surface area contributed by atoms with Crippen LogP contribution in [-0.4, -0.2) is 49.1 Å². The van der Waals surface area contributed by atoms with Gasteiger partial charge in [0.05, 0.1) is 12.2 Å². The van der Waals surface area contributed by atoms with E-state index in [-0.39, 0.29) is 17.4 Å². The van der Waals surface area contributed by atoms with Crippen LogP contribution in [0.3, 0.4) is 0 Å². The second-order valence-electron chi connectivity index (χ2n) is 7.29. The molecule has 0 aromatic heterocycles. The van der Waals surface area contributed by atoms with Crippen LogP contribution in [0.5, 0.6) is 0 Å². The average molecular weight is 299 g/mol. The van der Waals surface area contributed by atoms with Crippen LogP contribution in [0.4, 0.5) is 0 Å². The number of hydrogen-bond donors (Lipinski definition) is 2. The third-order valence-corrected chi connectivity index (χ3v) is 4.81. The fourth-order valence-corrected chi connectivity index (χ4v) is 3.25. The summed E-state index contributed by atoms with van der Waals surface area (Å²) in [6.07, 6.45) is 5.08. The predicted octanol–water partition coefficient (Wildman–Crippen LogP) is 2.20. The topological polar surface area (TPSA) is 67.8 Å². The summed E-state index contributed by atoms with van der Waals surface area (Å²) in [7, 11) is 0. The van der Waals surface area contributed by atoms with E-state index >= 15 is 0 Å². The number of aliphatic carboxylic acids is 1. The highest BCUT2D eigenvalue weighted by Gasteiger charge is 2.40. The van der Waals surface area contributed by atoms with Gasteiger partial charge >= 0.3 is 5.97 Å². The summed E-state index contributed by atoms with van der Waals surface area (Å²) in [5.74, 6) is -0.705. The van der Waals surface area contributed by atoms with Gasteiger partial charge in [-0.05, 0) is 37.6 Å². The summed E-state index contributed by atoms with van der Waals surface area (Å²) in [5.41, 5.74) is 0.0272. The van der Waals surface area contributed by atoms with E-state index in [1.165, 1.54) is 0 Å². The molecule has 2 rings (SSSR count). The van der Waals surface area contributed by atoms with Gasteiger partial charge in [0, 0.05) is 32.1 Å². The van der Waals surface area contributed by atoms with E-state index in [4.69, 9.17) is 14.6 Å². The normalized spacial score (nSPS) is 29.9. The van der Waals surface area contributed by atoms with Gasteiger partial charge in [-0.2, -0.15) is 0 Å². The Morgan fingerprint density at radius 3 is 2.86 bits per heavy atom. The molecule has 21 heavy (non-hydrogen) atoms. The molecule has 0 amide bonds. The maximum atomic E-state index is 10.7. The number of ether oxygens (including phenoxy) is 2. The van der Waals surface area contributed by atoms with Crippen molar-refractivity contribution in [3.63, 3.8) is 0 Å². The largest absolute Gasteiger partial charge is 0.481 e. The van der Waals surface area contributed by atoms with Gasteiger partial charge in [0.25, 0.3) is 0 Å². The van der Waals surface area contributed by atoms with Crippen LogP contribution in [0, 0.1) is 5.41 Å².